The van der Waals surface area contributed by atoms with Crippen molar-refractivity contribution in [1.82, 2.24) is 10.3 Å². The van der Waals surface area contributed by atoms with Crippen LogP contribution in [0, 0.1) is 5.92 Å². The minimum atomic E-state index is -0.992. The molecule has 0 bridgehead atoms. The molecule has 1 heterocycles. The van der Waals surface area contributed by atoms with Crippen molar-refractivity contribution in [2.75, 3.05) is 10.6 Å². The molecule has 0 saturated heterocycles. The average Bonchev–Trinajstić information content (AvgIpc) is 3.22. The van der Waals surface area contributed by atoms with E-state index in [1.807, 2.05) is 6.07 Å². The summed E-state index contributed by atoms with van der Waals surface area (Å²) in [6.45, 7) is 0. The average molecular weight is 290 g/mol. The zero-order valence-electron chi connectivity index (χ0n) is 11.5. The maximum absolute atomic E-state index is 11.8. The van der Waals surface area contributed by atoms with Gasteiger partial charge in [-0.1, -0.05) is 0 Å². The molecule has 1 aromatic rings. The molecule has 2 aliphatic rings. The van der Waals surface area contributed by atoms with Crippen LogP contribution in [-0.4, -0.2) is 34.2 Å². The fourth-order valence-corrected chi connectivity index (χ4v) is 2.42. The highest BCUT2D eigenvalue weighted by Crippen LogP contribution is 2.32. The third-order valence-electron chi connectivity index (χ3n) is 3.82. The molecule has 2 aliphatic carbocycles. The number of anilines is 2. The number of pyridine rings is 1. The Hall–Kier alpha value is -2.31. The number of nitrogens with one attached hydrogen (secondary N) is 3. The number of rotatable bonds is 5. The zero-order valence-corrected chi connectivity index (χ0v) is 11.5. The van der Waals surface area contributed by atoms with Crippen molar-refractivity contribution < 1.29 is 14.7 Å². The molecule has 0 spiro atoms. The van der Waals surface area contributed by atoms with Gasteiger partial charge in [-0.15, -0.1) is 0 Å². The van der Waals surface area contributed by atoms with E-state index in [1.165, 1.54) is 0 Å². The van der Waals surface area contributed by atoms with Crippen molar-refractivity contribution in [1.29, 1.82) is 0 Å². The summed E-state index contributed by atoms with van der Waals surface area (Å²) in [6.07, 6.45) is 4.03. The van der Waals surface area contributed by atoms with Gasteiger partial charge < -0.3 is 21.1 Å². The molecule has 0 radical (unpaired) electrons. The Morgan fingerprint density at radius 3 is 2.67 bits per heavy atom. The SMILES string of the molecule is O=C(O)N[C@H]1C[C@H](Nc2ncccc2NC(=O)C2CC2)C1. The number of carbonyl (C=O) groups is 2. The summed E-state index contributed by atoms with van der Waals surface area (Å²) in [5.41, 5.74) is 0.684. The van der Waals surface area contributed by atoms with Gasteiger partial charge in [-0.3, -0.25) is 4.79 Å². The van der Waals surface area contributed by atoms with E-state index in [9.17, 15) is 9.59 Å². The topological polar surface area (TPSA) is 103 Å². The fourth-order valence-electron chi connectivity index (χ4n) is 2.42. The second kappa shape index (κ2) is 5.59. The molecule has 7 heteroatoms. The minimum absolute atomic E-state index is 0.00628. The lowest BCUT2D eigenvalue weighted by Crippen LogP contribution is -2.49. The Labute approximate surface area is 122 Å². The Bertz CT molecular complexity index is 553. The zero-order chi connectivity index (χ0) is 14.8. The van der Waals surface area contributed by atoms with Gasteiger partial charge in [0.15, 0.2) is 0 Å². The van der Waals surface area contributed by atoms with Crippen LogP contribution in [0.1, 0.15) is 25.7 Å². The van der Waals surface area contributed by atoms with Gasteiger partial charge >= 0.3 is 6.09 Å². The first-order valence-electron chi connectivity index (χ1n) is 7.13. The van der Waals surface area contributed by atoms with Crippen LogP contribution in [0.3, 0.4) is 0 Å². The normalized spacial score (nSPS) is 23.8. The maximum atomic E-state index is 11.8. The number of hydrogen-bond acceptors (Lipinski definition) is 4. The van der Waals surface area contributed by atoms with E-state index in [4.69, 9.17) is 5.11 Å². The molecule has 0 aliphatic heterocycles. The summed E-state index contributed by atoms with van der Waals surface area (Å²) >= 11 is 0. The Balaban J connectivity index is 1.56. The third-order valence-corrected chi connectivity index (χ3v) is 3.82. The van der Waals surface area contributed by atoms with E-state index in [1.54, 1.807) is 12.3 Å². The molecule has 7 nitrogen and oxygen atoms in total. The number of nitrogens with zero attached hydrogens (tertiary/aromatic N) is 1. The lowest BCUT2D eigenvalue weighted by atomic mass is 9.87. The van der Waals surface area contributed by atoms with Crippen molar-refractivity contribution in [3.05, 3.63) is 18.3 Å². The van der Waals surface area contributed by atoms with Crippen LogP contribution >= 0.6 is 0 Å². The second-order valence-corrected chi connectivity index (χ2v) is 5.62. The molecular weight excluding hydrogens is 272 g/mol. The highest BCUT2D eigenvalue weighted by Gasteiger charge is 2.32. The molecule has 21 heavy (non-hydrogen) atoms. The molecule has 2 amide bonds. The van der Waals surface area contributed by atoms with Gasteiger partial charge in [-0.05, 0) is 37.8 Å². The van der Waals surface area contributed by atoms with E-state index in [0.29, 0.717) is 11.5 Å². The smallest absolute Gasteiger partial charge is 0.404 e. The first-order chi connectivity index (χ1) is 10.1. The summed E-state index contributed by atoms with van der Waals surface area (Å²) in [4.78, 5) is 26.6. The standard InChI is InChI=1S/C14H18N4O3/c19-13(8-3-4-8)18-11-2-1-5-15-12(11)16-9-6-10(7-9)17-14(20)21/h1-2,5,8-10,17H,3-4,6-7H2,(H,15,16)(H,18,19)(H,20,21)/t9-,10-. The number of aromatic nitrogens is 1. The number of amides is 2. The first kappa shape index (κ1) is 13.7. The predicted molar refractivity (Wildman–Crippen MR) is 77.2 cm³/mol. The third kappa shape index (κ3) is 3.42. The van der Waals surface area contributed by atoms with Crippen LogP contribution in [0.15, 0.2) is 18.3 Å². The Kier molecular flexibility index (Phi) is 3.64. The van der Waals surface area contributed by atoms with E-state index >= 15 is 0 Å². The van der Waals surface area contributed by atoms with Crippen LogP contribution in [0.25, 0.3) is 0 Å². The molecule has 0 atom stereocenters. The largest absolute Gasteiger partial charge is 0.465 e. The highest BCUT2D eigenvalue weighted by molar-refractivity contribution is 5.96. The number of carbonyl (C=O) groups excluding carboxylic acids is 1. The van der Waals surface area contributed by atoms with Crippen LogP contribution in [0.5, 0.6) is 0 Å². The van der Waals surface area contributed by atoms with E-state index in [0.717, 1.165) is 25.7 Å². The Morgan fingerprint density at radius 2 is 2.00 bits per heavy atom. The van der Waals surface area contributed by atoms with Gasteiger partial charge in [0.25, 0.3) is 0 Å². The van der Waals surface area contributed by atoms with Crippen molar-refractivity contribution in [3.8, 4) is 0 Å². The van der Waals surface area contributed by atoms with Crippen molar-refractivity contribution in [2.45, 2.75) is 37.8 Å². The maximum Gasteiger partial charge on any atom is 0.404 e. The molecule has 0 unspecified atom stereocenters. The molecule has 2 saturated carbocycles. The van der Waals surface area contributed by atoms with E-state index in [-0.39, 0.29) is 23.9 Å². The fraction of sp³-hybridized carbons (Fsp3) is 0.500. The van der Waals surface area contributed by atoms with Gasteiger partial charge in [0.1, 0.15) is 5.82 Å². The number of carboxylic acid groups (broad SMARTS) is 1. The molecule has 112 valence electrons. The van der Waals surface area contributed by atoms with Gasteiger partial charge in [0.05, 0.1) is 5.69 Å². The summed E-state index contributed by atoms with van der Waals surface area (Å²) in [7, 11) is 0. The van der Waals surface area contributed by atoms with Gasteiger partial charge in [-0.25, -0.2) is 9.78 Å². The van der Waals surface area contributed by atoms with Gasteiger partial charge in [0, 0.05) is 24.2 Å². The van der Waals surface area contributed by atoms with Crippen molar-refractivity contribution in [2.24, 2.45) is 5.92 Å². The van der Waals surface area contributed by atoms with Gasteiger partial charge in [0.2, 0.25) is 5.91 Å². The molecule has 2 fully saturated rings. The molecule has 3 rings (SSSR count). The Morgan fingerprint density at radius 1 is 1.24 bits per heavy atom. The predicted octanol–water partition coefficient (Wildman–Crippen LogP) is 1.64. The lowest BCUT2D eigenvalue weighted by molar-refractivity contribution is -0.117. The monoisotopic (exact) mass is 290 g/mol. The van der Waals surface area contributed by atoms with E-state index in [2.05, 4.69) is 20.9 Å². The molecular formula is C14H18N4O3. The van der Waals surface area contributed by atoms with Crippen molar-refractivity contribution >= 4 is 23.5 Å². The molecule has 0 aromatic carbocycles. The summed E-state index contributed by atoms with van der Waals surface area (Å²) in [6, 6.07) is 3.77. The quantitative estimate of drug-likeness (QED) is 0.660. The number of hydrogen-bond donors (Lipinski definition) is 4. The highest BCUT2D eigenvalue weighted by atomic mass is 16.4. The minimum Gasteiger partial charge on any atom is -0.465 e. The van der Waals surface area contributed by atoms with Gasteiger partial charge in [-0.2, -0.15) is 0 Å². The molecule has 4 N–H and O–H groups in total. The summed E-state index contributed by atoms with van der Waals surface area (Å²) in [5.74, 6) is 0.835. The van der Waals surface area contributed by atoms with Crippen LogP contribution < -0.4 is 16.0 Å². The van der Waals surface area contributed by atoms with Crippen LogP contribution in [0.4, 0.5) is 16.3 Å². The summed E-state index contributed by atoms with van der Waals surface area (Å²) < 4.78 is 0. The first-order valence-corrected chi connectivity index (χ1v) is 7.13. The van der Waals surface area contributed by atoms with Crippen molar-refractivity contribution in [3.63, 3.8) is 0 Å². The second-order valence-electron chi connectivity index (χ2n) is 5.62. The summed E-state index contributed by atoms with van der Waals surface area (Å²) in [5, 5.41) is 17.2. The van der Waals surface area contributed by atoms with E-state index < -0.39 is 6.09 Å². The lowest BCUT2D eigenvalue weighted by Gasteiger charge is -2.36. The van der Waals surface area contributed by atoms with Crippen LogP contribution in [0.2, 0.25) is 0 Å². The molecule has 1 aromatic heterocycles. The van der Waals surface area contributed by atoms with Crippen LogP contribution in [-0.2, 0) is 4.79 Å².